The SMILES string of the molecule is CC/C=C\C/C=C\CC(O)/C=C/C=C\C/C=C\C/C=C\CCC(=O)O[C@H](COC(=O)CCCCC/C=C\C/C=C\C/C=C\C/C=C\CCCCC)COP(=O)(O)O. The van der Waals surface area contributed by atoms with Crippen molar-refractivity contribution < 1.29 is 43.0 Å². The molecule has 57 heavy (non-hydrogen) atoms. The summed E-state index contributed by atoms with van der Waals surface area (Å²) < 4.78 is 26.3. The second-order valence-corrected chi connectivity index (χ2v) is 14.7. The maximum Gasteiger partial charge on any atom is 0.469 e. The number of aliphatic hydroxyl groups is 1. The summed E-state index contributed by atoms with van der Waals surface area (Å²) in [5, 5.41) is 9.97. The van der Waals surface area contributed by atoms with Crippen LogP contribution in [0.4, 0.5) is 0 Å². The first-order valence-electron chi connectivity index (χ1n) is 20.9. The van der Waals surface area contributed by atoms with Gasteiger partial charge in [0.25, 0.3) is 0 Å². The monoisotopic (exact) mass is 812 g/mol. The Hall–Kier alpha value is -3.59. The first-order chi connectivity index (χ1) is 27.7. The summed E-state index contributed by atoms with van der Waals surface area (Å²) >= 11 is 0. The van der Waals surface area contributed by atoms with Crippen LogP contribution in [0.2, 0.25) is 0 Å². The lowest BCUT2D eigenvalue weighted by Crippen LogP contribution is -2.29. The van der Waals surface area contributed by atoms with Crippen molar-refractivity contribution in [1.29, 1.82) is 0 Å². The number of aliphatic hydroxyl groups excluding tert-OH is 1. The molecule has 0 aliphatic heterocycles. The van der Waals surface area contributed by atoms with Crippen molar-refractivity contribution in [2.45, 2.75) is 148 Å². The minimum atomic E-state index is -4.81. The van der Waals surface area contributed by atoms with Crippen LogP contribution in [0.1, 0.15) is 136 Å². The van der Waals surface area contributed by atoms with Crippen LogP contribution in [-0.2, 0) is 28.2 Å². The van der Waals surface area contributed by atoms with Crippen molar-refractivity contribution in [3.8, 4) is 0 Å². The van der Waals surface area contributed by atoms with E-state index in [9.17, 15) is 19.3 Å². The predicted molar refractivity (Wildman–Crippen MR) is 235 cm³/mol. The highest BCUT2D eigenvalue weighted by molar-refractivity contribution is 7.46. The molecule has 9 nitrogen and oxygen atoms in total. The second-order valence-electron chi connectivity index (χ2n) is 13.4. The fraction of sp³-hybridized carbons (Fsp3) is 0.532. The van der Waals surface area contributed by atoms with E-state index in [1.165, 1.54) is 25.7 Å². The molecule has 0 bridgehead atoms. The number of unbranched alkanes of at least 4 members (excludes halogenated alkanes) is 6. The topological polar surface area (TPSA) is 140 Å². The van der Waals surface area contributed by atoms with E-state index in [-0.39, 0.29) is 19.4 Å². The summed E-state index contributed by atoms with van der Waals surface area (Å²) in [5.74, 6) is -1.06. The number of hydrogen-bond donors (Lipinski definition) is 3. The summed E-state index contributed by atoms with van der Waals surface area (Å²) in [5.41, 5.74) is 0. The molecule has 10 heteroatoms. The Morgan fingerprint density at radius 2 is 1.09 bits per heavy atom. The van der Waals surface area contributed by atoms with Gasteiger partial charge in [0.15, 0.2) is 6.10 Å². The largest absolute Gasteiger partial charge is 0.469 e. The standard InChI is InChI=1S/C47H73O9P/c1-3-5-7-9-11-12-13-14-15-16-17-18-19-20-21-25-28-32-36-40-46(49)54-42-45(43-55-57(51,52)53)56-47(50)41-37-33-29-26-23-22-24-27-31-35-39-44(48)38-34-30-10-8-6-4-2/h6,8,11-12,14-15,17-18,20-23,27,29-31,33-35,39,44-45,48H,3-5,7,9-10,13,16,19,24-26,28,32,36-38,40-43H2,1-2H3,(H2,51,52,53)/b8-6-,12-11-,15-14-,18-17-,21-20-,23-22-,31-27-,33-29-,34-30-,39-35+/t44?,45-/m1/s1. The molecule has 0 radical (unpaired) electrons. The van der Waals surface area contributed by atoms with Crippen molar-refractivity contribution in [3.63, 3.8) is 0 Å². The van der Waals surface area contributed by atoms with Gasteiger partial charge in [-0.25, -0.2) is 4.57 Å². The van der Waals surface area contributed by atoms with E-state index in [2.05, 4.69) is 85.2 Å². The number of allylic oxidation sites excluding steroid dienone is 18. The van der Waals surface area contributed by atoms with Crippen molar-refractivity contribution in [1.82, 2.24) is 0 Å². The minimum absolute atomic E-state index is 0.0482. The quantitative estimate of drug-likeness (QED) is 0.0185. The zero-order valence-corrected chi connectivity index (χ0v) is 35.7. The lowest BCUT2D eigenvalue weighted by atomic mass is 10.1. The molecule has 0 aliphatic carbocycles. The van der Waals surface area contributed by atoms with Gasteiger partial charge in [0.1, 0.15) is 6.61 Å². The van der Waals surface area contributed by atoms with E-state index in [0.717, 1.165) is 57.8 Å². The van der Waals surface area contributed by atoms with E-state index in [1.807, 2.05) is 48.6 Å². The van der Waals surface area contributed by atoms with Crippen molar-refractivity contribution >= 4 is 19.8 Å². The van der Waals surface area contributed by atoms with E-state index >= 15 is 0 Å². The lowest BCUT2D eigenvalue weighted by Gasteiger charge is -2.18. The highest BCUT2D eigenvalue weighted by atomic mass is 31.2. The number of phosphoric acid groups is 1. The third-order valence-corrected chi connectivity index (χ3v) is 8.54. The molecule has 2 atom stereocenters. The van der Waals surface area contributed by atoms with Gasteiger partial charge in [0.05, 0.1) is 12.7 Å². The number of phosphoric ester groups is 1. The van der Waals surface area contributed by atoms with Crippen LogP contribution in [0.5, 0.6) is 0 Å². The van der Waals surface area contributed by atoms with Crippen LogP contribution >= 0.6 is 7.82 Å². The molecule has 320 valence electrons. The predicted octanol–water partition coefficient (Wildman–Crippen LogP) is 11.9. The molecule has 0 fully saturated rings. The smallest absolute Gasteiger partial charge is 0.462 e. The Morgan fingerprint density at radius 1 is 0.561 bits per heavy atom. The third-order valence-electron chi connectivity index (χ3n) is 8.06. The van der Waals surface area contributed by atoms with Crippen LogP contribution < -0.4 is 0 Å². The van der Waals surface area contributed by atoms with Gasteiger partial charge >= 0.3 is 19.8 Å². The first kappa shape index (κ1) is 53.4. The second kappa shape index (κ2) is 40.6. The van der Waals surface area contributed by atoms with E-state index in [0.29, 0.717) is 25.7 Å². The number of rotatable bonds is 36. The maximum absolute atomic E-state index is 12.4. The van der Waals surface area contributed by atoms with Gasteiger partial charge in [-0.1, -0.05) is 155 Å². The van der Waals surface area contributed by atoms with Gasteiger partial charge in [-0.05, 0) is 89.9 Å². The van der Waals surface area contributed by atoms with E-state index < -0.39 is 38.6 Å². The molecule has 0 spiro atoms. The average molecular weight is 813 g/mol. The number of ether oxygens (including phenoxy) is 2. The Balaban J connectivity index is 4.21. The first-order valence-corrected chi connectivity index (χ1v) is 22.5. The molecule has 1 unspecified atom stereocenters. The van der Waals surface area contributed by atoms with Gasteiger partial charge in [0.2, 0.25) is 0 Å². The average Bonchev–Trinajstić information content (AvgIpc) is 3.18. The zero-order valence-electron chi connectivity index (χ0n) is 34.8. The van der Waals surface area contributed by atoms with Crippen LogP contribution in [0, 0.1) is 0 Å². The third kappa shape index (κ3) is 43.4. The maximum atomic E-state index is 12.4. The normalized spacial score (nSPS) is 14.3. The van der Waals surface area contributed by atoms with Crippen LogP contribution in [-0.4, -0.2) is 52.3 Å². The number of hydrogen-bond acceptors (Lipinski definition) is 7. The highest BCUT2D eigenvalue weighted by Crippen LogP contribution is 2.35. The fourth-order valence-corrected chi connectivity index (χ4v) is 5.30. The van der Waals surface area contributed by atoms with Gasteiger partial charge < -0.3 is 24.4 Å². The Labute approximate surface area is 344 Å². The van der Waals surface area contributed by atoms with E-state index in [1.54, 1.807) is 6.08 Å². The van der Waals surface area contributed by atoms with Crippen LogP contribution in [0.25, 0.3) is 0 Å². The van der Waals surface area contributed by atoms with Crippen molar-refractivity contribution in [2.75, 3.05) is 13.2 Å². The molecule has 0 saturated carbocycles. The lowest BCUT2D eigenvalue weighted by molar-refractivity contribution is -0.161. The molecular formula is C47H73O9P. The highest BCUT2D eigenvalue weighted by Gasteiger charge is 2.22. The molecule has 0 rings (SSSR count). The Kier molecular flexibility index (Phi) is 38.0. The van der Waals surface area contributed by atoms with Gasteiger partial charge in [0, 0.05) is 12.8 Å². The molecule has 0 aromatic rings. The molecular weight excluding hydrogens is 739 g/mol. The molecule has 0 aromatic carbocycles. The number of carbonyl (C=O) groups excluding carboxylic acids is 2. The molecule has 0 aliphatic rings. The van der Waals surface area contributed by atoms with Crippen LogP contribution in [0.15, 0.2) is 122 Å². The zero-order chi connectivity index (χ0) is 41.9. The van der Waals surface area contributed by atoms with Gasteiger partial charge in [-0.2, -0.15) is 0 Å². The summed E-state index contributed by atoms with van der Waals surface area (Å²) in [7, 11) is -4.81. The fourth-order valence-electron chi connectivity index (χ4n) is 4.93. The number of carbonyl (C=O) groups is 2. The summed E-state index contributed by atoms with van der Waals surface area (Å²) in [4.78, 5) is 42.8. The molecule has 0 aromatic heterocycles. The van der Waals surface area contributed by atoms with Gasteiger partial charge in [-0.3, -0.25) is 14.1 Å². The van der Waals surface area contributed by atoms with Gasteiger partial charge in [-0.15, -0.1) is 0 Å². The Morgan fingerprint density at radius 3 is 1.67 bits per heavy atom. The van der Waals surface area contributed by atoms with E-state index in [4.69, 9.17) is 19.3 Å². The van der Waals surface area contributed by atoms with Crippen molar-refractivity contribution in [3.05, 3.63) is 122 Å². The molecule has 0 saturated heterocycles. The summed E-state index contributed by atoms with van der Waals surface area (Å²) in [6, 6.07) is 0. The summed E-state index contributed by atoms with van der Waals surface area (Å²) in [6.45, 7) is 3.37. The molecule has 3 N–H and O–H groups in total. The van der Waals surface area contributed by atoms with Crippen LogP contribution in [0.3, 0.4) is 0 Å². The molecule has 0 amide bonds. The van der Waals surface area contributed by atoms with Crippen molar-refractivity contribution in [2.24, 2.45) is 0 Å². The Bertz CT molecular complexity index is 1340. The molecule has 0 heterocycles. The summed E-state index contributed by atoms with van der Waals surface area (Å²) in [6.07, 6.45) is 55.3. The minimum Gasteiger partial charge on any atom is -0.462 e. The number of esters is 2.